The average molecular weight is 302 g/mol. The van der Waals surface area contributed by atoms with Crippen LogP contribution in [-0.4, -0.2) is 62.9 Å². The molecule has 0 bridgehead atoms. The van der Waals surface area contributed by atoms with Crippen LogP contribution in [0, 0.1) is 0 Å². The van der Waals surface area contributed by atoms with Crippen LogP contribution < -0.4 is 0 Å². The van der Waals surface area contributed by atoms with Gasteiger partial charge in [-0.1, -0.05) is 26.3 Å². The van der Waals surface area contributed by atoms with Crippen LogP contribution in [-0.2, 0) is 23.8 Å². The monoisotopic (exact) mass is 302 g/mol. The van der Waals surface area contributed by atoms with Gasteiger partial charge in [-0.15, -0.1) is 0 Å². The van der Waals surface area contributed by atoms with Crippen molar-refractivity contribution in [1.82, 2.24) is 0 Å². The van der Waals surface area contributed by atoms with Crippen LogP contribution in [0.25, 0.3) is 0 Å². The first kappa shape index (κ1) is 21.4. The molecule has 0 fully saturated rings. The van der Waals surface area contributed by atoms with E-state index in [-0.39, 0.29) is 48.5 Å². The summed E-state index contributed by atoms with van der Waals surface area (Å²) < 4.78 is 32.3. The number of esters is 1. The van der Waals surface area contributed by atoms with E-state index in [0.29, 0.717) is 18.4 Å². The van der Waals surface area contributed by atoms with Crippen LogP contribution in [0.2, 0.25) is 0 Å². The molecule has 0 spiro atoms. The zero-order valence-electron chi connectivity index (χ0n) is 11.1. The predicted octanol–water partition coefficient (Wildman–Crippen LogP) is 1.38. The summed E-state index contributed by atoms with van der Waals surface area (Å²) in [5.41, 5.74) is 0.322. The number of rotatable bonds is 10. The van der Waals surface area contributed by atoms with Crippen molar-refractivity contribution in [3.8, 4) is 0 Å². The number of carbonyl (C=O) groups is 1. The molecule has 0 aromatic carbocycles. The van der Waals surface area contributed by atoms with Crippen molar-refractivity contribution >= 4 is 45.6 Å². The van der Waals surface area contributed by atoms with E-state index in [4.69, 9.17) is 8.92 Å². The molecule has 0 radical (unpaired) electrons. The van der Waals surface area contributed by atoms with Gasteiger partial charge in [0.05, 0.1) is 19.0 Å². The van der Waals surface area contributed by atoms with E-state index in [1.165, 1.54) is 0 Å². The van der Waals surface area contributed by atoms with E-state index in [2.05, 4.69) is 6.58 Å². The summed E-state index contributed by atoms with van der Waals surface area (Å²) in [6, 6.07) is 0. The Bertz CT molecular complexity index is 364. The number of hydrogen-bond acceptors (Lipinski definition) is 5. The van der Waals surface area contributed by atoms with Crippen molar-refractivity contribution in [3.05, 3.63) is 12.2 Å². The van der Waals surface area contributed by atoms with E-state index in [0.717, 1.165) is 12.8 Å². The third kappa shape index (κ3) is 12.9. The van der Waals surface area contributed by atoms with E-state index in [1.54, 1.807) is 6.92 Å². The number of ether oxygens (including phenoxy) is 1. The summed E-state index contributed by atoms with van der Waals surface area (Å²) in [7, 11) is -3.43. The van der Waals surface area contributed by atoms with Gasteiger partial charge in [0.1, 0.15) is 0 Å². The summed E-state index contributed by atoms with van der Waals surface area (Å²) in [5.74, 6) is -0.423. The SMILES string of the molecule is C=C(C)C(=O)OCCCOS(=O)(=O)CCCCC.[NaH]. The van der Waals surface area contributed by atoms with Crippen LogP contribution >= 0.6 is 0 Å². The van der Waals surface area contributed by atoms with Gasteiger partial charge in [0.25, 0.3) is 10.1 Å². The zero-order valence-corrected chi connectivity index (χ0v) is 11.9. The van der Waals surface area contributed by atoms with Crippen molar-refractivity contribution in [3.63, 3.8) is 0 Å². The van der Waals surface area contributed by atoms with Gasteiger partial charge in [-0.25, -0.2) is 4.79 Å². The third-order valence-electron chi connectivity index (χ3n) is 2.13. The molecule has 0 aromatic heterocycles. The second-order valence-corrected chi connectivity index (χ2v) is 5.82. The summed E-state index contributed by atoms with van der Waals surface area (Å²) in [5, 5.41) is 0. The fraction of sp³-hybridized carbons (Fsp3) is 0.750. The molecule has 0 aromatic rings. The topological polar surface area (TPSA) is 69.7 Å². The van der Waals surface area contributed by atoms with Gasteiger partial charge >= 0.3 is 35.5 Å². The molecule has 0 amide bonds. The van der Waals surface area contributed by atoms with Gasteiger partial charge in [0, 0.05) is 12.0 Å². The second kappa shape index (κ2) is 11.9. The van der Waals surface area contributed by atoms with E-state index in [1.807, 2.05) is 6.92 Å². The quantitative estimate of drug-likeness (QED) is 0.200. The van der Waals surface area contributed by atoms with Crippen molar-refractivity contribution < 1.29 is 22.1 Å². The first-order valence-electron chi connectivity index (χ1n) is 6.08. The number of carbonyl (C=O) groups excluding carboxylic acids is 1. The first-order valence-corrected chi connectivity index (χ1v) is 7.66. The Balaban J connectivity index is 0. The maximum absolute atomic E-state index is 11.4. The van der Waals surface area contributed by atoms with Crippen molar-refractivity contribution in [2.75, 3.05) is 19.0 Å². The molecule has 0 aliphatic rings. The van der Waals surface area contributed by atoms with Crippen LogP contribution in [0.15, 0.2) is 12.2 Å². The van der Waals surface area contributed by atoms with Gasteiger partial charge in [-0.3, -0.25) is 4.18 Å². The standard InChI is InChI=1S/C12H22O5S.Na.H/c1-4-5-6-10-18(14,15)17-9-7-8-16-12(13)11(2)3;;/h2,4-10H2,1,3H3;;. The molecular formula is C12H23NaO5S. The van der Waals surface area contributed by atoms with Crippen LogP contribution in [0.1, 0.15) is 39.5 Å². The molecule has 7 heteroatoms. The molecule has 0 saturated carbocycles. The Morgan fingerprint density at radius 2 is 1.79 bits per heavy atom. The first-order chi connectivity index (χ1) is 8.39. The van der Waals surface area contributed by atoms with E-state index < -0.39 is 16.1 Å². The van der Waals surface area contributed by atoms with Gasteiger partial charge in [-0.2, -0.15) is 8.42 Å². The van der Waals surface area contributed by atoms with Crippen molar-refractivity contribution in [2.24, 2.45) is 0 Å². The summed E-state index contributed by atoms with van der Waals surface area (Å²) in [6.45, 7) is 7.16. The fourth-order valence-electron chi connectivity index (χ4n) is 1.12. The zero-order chi connectivity index (χ0) is 14.0. The Labute approximate surface area is 138 Å². The van der Waals surface area contributed by atoms with Crippen LogP contribution in [0.5, 0.6) is 0 Å². The number of unbranched alkanes of at least 4 members (excludes halogenated alkanes) is 2. The molecule has 19 heavy (non-hydrogen) atoms. The molecule has 0 aliphatic carbocycles. The Morgan fingerprint density at radius 3 is 2.32 bits per heavy atom. The number of hydrogen-bond donors (Lipinski definition) is 0. The second-order valence-electron chi connectivity index (χ2n) is 4.06. The molecule has 5 nitrogen and oxygen atoms in total. The fourth-order valence-corrected chi connectivity index (χ4v) is 2.17. The molecule has 108 valence electrons. The normalized spacial score (nSPS) is 10.6. The van der Waals surface area contributed by atoms with Gasteiger partial charge in [-0.05, 0) is 13.3 Å². The predicted molar refractivity (Wildman–Crippen MR) is 76.8 cm³/mol. The molecule has 0 unspecified atom stereocenters. The molecule has 0 aliphatic heterocycles. The Hall–Kier alpha value is 0.120. The third-order valence-corrected chi connectivity index (χ3v) is 3.45. The van der Waals surface area contributed by atoms with Crippen molar-refractivity contribution in [1.29, 1.82) is 0 Å². The summed E-state index contributed by atoms with van der Waals surface area (Å²) >= 11 is 0. The van der Waals surface area contributed by atoms with Crippen molar-refractivity contribution in [2.45, 2.75) is 39.5 Å². The maximum atomic E-state index is 11.4. The van der Waals surface area contributed by atoms with Gasteiger partial charge < -0.3 is 4.74 Å². The van der Waals surface area contributed by atoms with Gasteiger partial charge in [0.2, 0.25) is 0 Å². The Morgan fingerprint density at radius 1 is 1.16 bits per heavy atom. The average Bonchev–Trinajstić information content (AvgIpc) is 2.28. The summed E-state index contributed by atoms with van der Waals surface area (Å²) in [4.78, 5) is 11.0. The minimum absolute atomic E-state index is 0. The summed E-state index contributed by atoms with van der Waals surface area (Å²) in [6.07, 6.45) is 2.81. The molecule has 0 rings (SSSR count). The molecule has 0 atom stereocenters. The molecule has 0 heterocycles. The van der Waals surface area contributed by atoms with E-state index in [9.17, 15) is 13.2 Å². The molecular weight excluding hydrogens is 279 g/mol. The van der Waals surface area contributed by atoms with Crippen LogP contribution in [0.3, 0.4) is 0 Å². The van der Waals surface area contributed by atoms with Gasteiger partial charge in [0.15, 0.2) is 0 Å². The molecule has 0 N–H and O–H groups in total. The minimum atomic E-state index is -3.43. The Kier molecular flexibility index (Phi) is 13.4. The van der Waals surface area contributed by atoms with E-state index >= 15 is 0 Å². The van der Waals surface area contributed by atoms with Crippen LogP contribution in [0.4, 0.5) is 0 Å². The molecule has 0 saturated heterocycles.